The van der Waals surface area contributed by atoms with Crippen molar-refractivity contribution in [1.82, 2.24) is 9.13 Å². The molecule has 6 nitrogen and oxygen atoms in total. The largest absolute Gasteiger partial charge is 0.496 e. The Bertz CT molecular complexity index is 713. The van der Waals surface area contributed by atoms with Crippen LogP contribution in [-0.2, 0) is 6.54 Å². The maximum Gasteiger partial charge on any atom is 0.339 e. The Kier molecular flexibility index (Phi) is 4.16. The Morgan fingerprint density at radius 1 is 1.33 bits per heavy atom. The number of rotatable bonds is 5. The van der Waals surface area contributed by atoms with Crippen molar-refractivity contribution in [3.63, 3.8) is 0 Å². The summed E-state index contributed by atoms with van der Waals surface area (Å²) in [5, 5.41) is 9.17. The number of ether oxygens (including phenoxy) is 1. The molecule has 112 valence electrons. The van der Waals surface area contributed by atoms with Crippen molar-refractivity contribution in [3.05, 3.63) is 52.2 Å². The molecule has 1 aromatic heterocycles. The van der Waals surface area contributed by atoms with E-state index in [-0.39, 0.29) is 17.3 Å². The van der Waals surface area contributed by atoms with E-state index in [9.17, 15) is 9.59 Å². The standard InChI is InChI=1S/C15H18N2O4/c1-10(2)17-7-6-16(15(17)20)9-11-4-5-13(21-3)12(8-11)14(18)19/h4-8,10H,9H2,1-3H3,(H,18,19). The molecule has 0 aliphatic rings. The maximum absolute atomic E-state index is 12.1. The van der Waals surface area contributed by atoms with Gasteiger partial charge in [0.25, 0.3) is 0 Å². The Balaban J connectivity index is 2.34. The number of aromatic nitrogens is 2. The van der Waals surface area contributed by atoms with Crippen LogP contribution in [0.2, 0.25) is 0 Å². The molecular weight excluding hydrogens is 272 g/mol. The van der Waals surface area contributed by atoms with Crippen molar-refractivity contribution >= 4 is 5.97 Å². The highest BCUT2D eigenvalue weighted by atomic mass is 16.5. The minimum atomic E-state index is -1.05. The first-order chi connectivity index (χ1) is 9.93. The summed E-state index contributed by atoms with van der Waals surface area (Å²) < 4.78 is 8.19. The average molecular weight is 290 g/mol. The monoisotopic (exact) mass is 290 g/mol. The van der Waals surface area contributed by atoms with Gasteiger partial charge in [0.05, 0.1) is 13.7 Å². The third-order valence-electron chi connectivity index (χ3n) is 3.28. The smallest absolute Gasteiger partial charge is 0.339 e. The first-order valence-electron chi connectivity index (χ1n) is 6.61. The molecule has 21 heavy (non-hydrogen) atoms. The lowest BCUT2D eigenvalue weighted by Gasteiger charge is -2.08. The molecule has 6 heteroatoms. The summed E-state index contributed by atoms with van der Waals surface area (Å²) in [6, 6.07) is 4.97. The van der Waals surface area contributed by atoms with Crippen LogP contribution in [0.3, 0.4) is 0 Å². The molecule has 2 rings (SSSR count). The third-order valence-corrected chi connectivity index (χ3v) is 3.28. The van der Waals surface area contributed by atoms with Gasteiger partial charge in [-0.05, 0) is 31.5 Å². The second kappa shape index (κ2) is 5.87. The van der Waals surface area contributed by atoms with Gasteiger partial charge in [-0.3, -0.25) is 9.13 Å². The van der Waals surface area contributed by atoms with Gasteiger partial charge < -0.3 is 9.84 Å². The van der Waals surface area contributed by atoms with Crippen LogP contribution in [0.4, 0.5) is 0 Å². The van der Waals surface area contributed by atoms with Gasteiger partial charge in [0.15, 0.2) is 0 Å². The zero-order valence-electron chi connectivity index (χ0n) is 12.2. The van der Waals surface area contributed by atoms with Crippen LogP contribution in [0.5, 0.6) is 5.75 Å². The minimum Gasteiger partial charge on any atom is -0.496 e. The second-order valence-electron chi connectivity index (χ2n) is 5.05. The first-order valence-corrected chi connectivity index (χ1v) is 6.61. The summed E-state index contributed by atoms with van der Waals surface area (Å²) in [5.74, 6) is -0.751. The summed E-state index contributed by atoms with van der Waals surface area (Å²) in [6.45, 7) is 4.19. The van der Waals surface area contributed by atoms with Gasteiger partial charge in [-0.2, -0.15) is 0 Å². The molecule has 0 atom stereocenters. The molecule has 2 aromatic rings. The number of carbonyl (C=O) groups is 1. The molecule has 0 radical (unpaired) electrons. The van der Waals surface area contributed by atoms with Gasteiger partial charge in [0.2, 0.25) is 0 Å². The Hall–Kier alpha value is -2.50. The molecule has 1 N–H and O–H groups in total. The Labute approximate surface area is 122 Å². The maximum atomic E-state index is 12.1. The normalized spacial score (nSPS) is 10.9. The number of methoxy groups -OCH3 is 1. The van der Waals surface area contributed by atoms with Gasteiger partial charge >= 0.3 is 11.7 Å². The van der Waals surface area contributed by atoms with Crippen LogP contribution < -0.4 is 10.4 Å². The molecule has 0 saturated carbocycles. The molecule has 0 unspecified atom stereocenters. The van der Waals surface area contributed by atoms with Gasteiger partial charge in [-0.1, -0.05) is 6.07 Å². The van der Waals surface area contributed by atoms with Crippen molar-refractivity contribution in [2.45, 2.75) is 26.4 Å². The van der Waals surface area contributed by atoms with E-state index in [0.717, 1.165) is 5.56 Å². The molecule has 0 aliphatic heterocycles. The molecule has 0 saturated heterocycles. The highest BCUT2D eigenvalue weighted by Gasteiger charge is 2.13. The van der Waals surface area contributed by atoms with Crippen LogP contribution in [0, 0.1) is 0 Å². The highest BCUT2D eigenvalue weighted by Crippen LogP contribution is 2.20. The van der Waals surface area contributed by atoms with E-state index in [1.54, 1.807) is 33.7 Å². The van der Waals surface area contributed by atoms with Crippen molar-refractivity contribution in [2.24, 2.45) is 0 Å². The lowest BCUT2D eigenvalue weighted by Crippen LogP contribution is -2.25. The quantitative estimate of drug-likeness (QED) is 0.914. The van der Waals surface area contributed by atoms with Crippen molar-refractivity contribution < 1.29 is 14.6 Å². The lowest BCUT2D eigenvalue weighted by molar-refractivity contribution is 0.0693. The number of aromatic carboxylic acids is 1. The van der Waals surface area contributed by atoms with Crippen molar-refractivity contribution in [1.29, 1.82) is 0 Å². The van der Waals surface area contributed by atoms with Crippen LogP contribution in [0.15, 0.2) is 35.4 Å². The fraction of sp³-hybridized carbons (Fsp3) is 0.333. The van der Waals surface area contributed by atoms with Crippen LogP contribution in [0.25, 0.3) is 0 Å². The molecule has 0 bridgehead atoms. The molecular formula is C15H18N2O4. The number of hydrogen-bond donors (Lipinski definition) is 1. The zero-order valence-corrected chi connectivity index (χ0v) is 12.2. The summed E-state index contributed by atoms with van der Waals surface area (Å²) in [7, 11) is 1.43. The Morgan fingerprint density at radius 3 is 2.57 bits per heavy atom. The van der Waals surface area contributed by atoms with E-state index >= 15 is 0 Å². The molecule has 1 aromatic carbocycles. The van der Waals surface area contributed by atoms with Crippen LogP contribution in [0.1, 0.15) is 35.8 Å². The summed E-state index contributed by atoms with van der Waals surface area (Å²) in [6.07, 6.45) is 3.43. The van der Waals surface area contributed by atoms with E-state index < -0.39 is 5.97 Å². The highest BCUT2D eigenvalue weighted by molar-refractivity contribution is 5.91. The van der Waals surface area contributed by atoms with Gasteiger partial charge in [0, 0.05) is 18.4 Å². The minimum absolute atomic E-state index is 0.0872. The van der Waals surface area contributed by atoms with Gasteiger partial charge in [0.1, 0.15) is 11.3 Å². The number of hydrogen-bond acceptors (Lipinski definition) is 3. The zero-order chi connectivity index (χ0) is 15.6. The second-order valence-corrected chi connectivity index (χ2v) is 5.05. The number of imidazole rings is 1. The van der Waals surface area contributed by atoms with Crippen LogP contribution >= 0.6 is 0 Å². The fourth-order valence-electron chi connectivity index (χ4n) is 2.16. The van der Waals surface area contributed by atoms with Crippen molar-refractivity contribution in [3.8, 4) is 5.75 Å². The number of carboxylic acids is 1. The molecule has 0 aliphatic carbocycles. The molecule has 0 amide bonds. The number of nitrogens with zero attached hydrogens (tertiary/aromatic N) is 2. The summed E-state index contributed by atoms with van der Waals surface area (Å²) >= 11 is 0. The lowest BCUT2D eigenvalue weighted by atomic mass is 10.1. The van der Waals surface area contributed by atoms with Crippen LogP contribution in [-0.4, -0.2) is 27.3 Å². The van der Waals surface area contributed by atoms with E-state index in [2.05, 4.69) is 0 Å². The predicted molar refractivity (Wildman–Crippen MR) is 78.1 cm³/mol. The topological polar surface area (TPSA) is 73.5 Å². The first kappa shape index (κ1) is 14.9. The van der Waals surface area contributed by atoms with E-state index in [0.29, 0.717) is 12.3 Å². The van der Waals surface area contributed by atoms with E-state index in [1.165, 1.54) is 13.2 Å². The van der Waals surface area contributed by atoms with Gasteiger partial charge in [-0.15, -0.1) is 0 Å². The molecule has 0 fully saturated rings. The number of carboxylic acid groups (broad SMARTS) is 1. The van der Waals surface area contributed by atoms with Gasteiger partial charge in [-0.25, -0.2) is 9.59 Å². The average Bonchev–Trinajstić information content (AvgIpc) is 2.80. The van der Waals surface area contributed by atoms with E-state index in [1.807, 2.05) is 13.8 Å². The fourth-order valence-corrected chi connectivity index (χ4v) is 2.16. The molecule has 0 spiro atoms. The summed E-state index contributed by atoms with van der Waals surface area (Å²) in [4.78, 5) is 23.3. The predicted octanol–water partition coefficient (Wildman–Crippen LogP) is 1.99. The Morgan fingerprint density at radius 2 is 2.05 bits per heavy atom. The summed E-state index contributed by atoms with van der Waals surface area (Å²) in [5.41, 5.74) is 0.709. The third kappa shape index (κ3) is 2.99. The van der Waals surface area contributed by atoms with Crippen molar-refractivity contribution in [2.75, 3.05) is 7.11 Å². The molecule has 1 heterocycles. The number of benzene rings is 1. The SMILES string of the molecule is COc1ccc(Cn2ccn(C(C)C)c2=O)cc1C(=O)O. The van der Waals surface area contributed by atoms with E-state index in [4.69, 9.17) is 9.84 Å².